The zero-order valence-electron chi connectivity index (χ0n) is 11.4. The van der Waals surface area contributed by atoms with Gasteiger partial charge in [-0.05, 0) is 53.0 Å². The molecule has 2 nitrogen and oxygen atoms in total. The third-order valence-electron chi connectivity index (χ3n) is 3.07. The Kier molecular flexibility index (Phi) is 5.18. The molecule has 0 amide bonds. The van der Waals surface area contributed by atoms with Gasteiger partial charge in [0.15, 0.2) is 11.6 Å². The van der Waals surface area contributed by atoms with Crippen molar-refractivity contribution in [1.82, 2.24) is 0 Å². The lowest BCUT2D eigenvalue weighted by Crippen LogP contribution is -2.31. The SMILES string of the molecule is CCC(N)C(Oc1cc(C)ccc1F)c1cc(Br)cs1. The normalized spacial score (nSPS) is 14.1. The third kappa shape index (κ3) is 3.59. The molecule has 2 aromatic rings. The smallest absolute Gasteiger partial charge is 0.165 e. The second-order valence-electron chi connectivity index (χ2n) is 4.71. The van der Waals surface area contributed by atoms with E-state index >= 15 is 0 Å². The summed E-state index contributed by atoms with van der Waals surface area (Å²) in [5.74, 6) is -0.108. The topological polar surface area (TPSA) is 35.2 Å². The zero-order chi connectivity index (χ0) is 14.7. The first-order valence-corrected chi connectivity index (χ1v) is 8.11. The second kappa shape index (κ2) is 6.70. The van der Waals surface area contributed by atoms with Gasteiger partial charge in [0.05, 0.1) is 0 Å². The van der Waals surface area contributed by atoms with Crippen molar-refractivity contribution in [3.8, 4) is 5.75 Å². The van der Waals surface area contributed by atoms with E-state index in [2.05, 4.69) is 15.9 Å². The molecule has 1 aromatic heterocycles. The van der Waals surface area contributed by atoms with Crippen molar-refractivity contribution in [3.05, 3.63) is 50.4 Å². The highest BCUT2D eigenvalue weighted by Gasteiger charge is 2.23. The van der Waals surface area contributed by atoms with Gasteiger partial charge in [-0.25, -0.2) is 4.39 Å². The van der Waals surface area contributed by atoms with Crippen LogP contribution in [0, 0.1) is 12.7 Å². The average Bonchev–Trinajstić information content (AvgIpc) is 2.85. The third-order valence-corrected chi connectivity index (χ3v) is 4.82. The van der Waals surface area contributed by atoms with Gasteiger partial charge in [-0.3, -0.25) is 0 Å². The van der Waals surface area contributed by atoms with E-state index in [1.807, 2.05) is 25.3 Å². The van der Waals surface area contributed by atoms with Crippen molar-refractivity contribution >= 4 is 27.3 Å². The van der Waals surface area contributed by atoms with Crippen LogP contribution in [0.25, 0.3) is 0 Å². The first-order valence-electron chi connectivity index (χ1n) is 6.43. The van der Waals surface area contributed by atoms with E-state index in [0.717, 1.165) is 21.3 Å². The zero-order valence-corrected chi connectivity index (χ0v) is 13.8. The Bertz CT molecular complexity index is 587. The Labute approximate surface area is 130 Å². The molecule has 20 heavy (non-hydrogen) atoms. The molecule has 0 aliphatic rings. The molecular formula is C15H17BrFNOS. The van der Waals surface area contributed by atoms with Gasteiger partial charge < -0.3 is 10.5 Å². The molecule has 1 heterocycles. The van der Waals surface area contributed by atoms with Gasteiger partial charge in [0.1, 0.15) is 6.10 Å². The van der Waals surface area contributed by atoms with Crippen LogP contribution in [0.2, 0.25) is 0 Å². The van der Waals surface area contributed by atoms with Crippen LogP contribution < -0.4 is 10.5 Å². The molecule has 0 saturated carbocycles. The summed E-state index contributed by atoms with van der Waals surface area (Å²) in [6, 6.07) is 6.63. The minimum absolute atomic E-state index is 0.180. The molecule has 108 valence electrons. The van der Waals surface area contributed by atoms with Crippen molar-refractivity contribution in [3.63, 3.8) is 0 Å². The van der Waals surface area contributed by atoms with Crippen LogP contribution in [0.4, 0.5) is 4.39 Å². The lowest BCUT2D eigenvalue weighted by Gasteiger charge is -2.23. The monoisotopic (exact) mass is 357 g/mol. The van der Waals surface area contributed by atoms with Crippen LogP contribution >= 0.6 is 27.3 Å². The van der Waals surface area contributed by atoms with Crippen LogP contribution in [0.15, 0.2) is 34.1 Å². The quantitative estimate of drug-likeness (QED) is 0.832. The highest BCUT2D eigenvalue weighted by Crippen LogP contribution is 2.33. The second-order valence-corrected chi connectivity index (χ2v) is 6.57. The number of ether oxygens (including phenoxy) is 1. The summed E-state index contributed by atoms with van der Waals surface area (Å²) in [7, 11) is 0. The van der Waals surface area contributed by atoms with Crippen molar-refractivity contribution < 1.29 is 9.13 Å². The van der Waals surface area contributed by atoms with E-state index in [1.165, 1.54) is 6.07 Å². The fourth-order valence-corrected chi connectivity index (χ4v) is 3.43. The molecule has 2 unspecified atom stereocenters. The van der Waals surface area contributed by atoms with Crippen LogP contribution in [-0.4, -0.2) is 6.04 Å². The number of nitrogens with two attached hydrogens (primary N) is 1. The lowest BCUT2D eigenvalue weighted by molar-refractivity contribution is 0.167. The summed E-state index contributed by atoms with van der Waals surface area (Å²) in [5, 5.41) is 1.97. The molecule has 0 aliphatic carbocycles. The van der Waals surface area contributed by atoms with Crippen LogP contribution in [0.1, 0.15) is 29.9 Å². The summed E-state index contributed by atoms with van der Waals surface area (Å²) >= 11 is 4.98. The predicted octanol–water partition coefficient (Wildman–Crippen LogP) is 4.82. The molecule has 0 radical (unpaired) electrons. The van der Waals surface area contributed by atoms with E-state index in [1.54, 1.807) is 23.5 Å². The van der Waals surface area contributed by atoms with E-state index in [-0.39, 0.29) is 23.7 Å². The van der Waals surface area contributed by atoms with Crippen molar-refractivity contribution in [2.45, 2.75) is 32.4 Å². The molecule has 5 heteroatoms. The fraction of sp³-hybridized carbons (Fsp3) is 0.333. The maximum atomic E-state index is 13.8. The molecule has 0 fully saturated rings. The van der Waals surface area contributed by atoms with Crippen molar-refractivity contribution in [2.75, 3.05) is 0 Å². The Morgan fingerprint density at radius 1 is 1.40 bits per heavy atom. The van der Waals surface area contributed by atoms with Gasteiger partial charge in [0.25, 0.3) is 0 Å². The number of hydrogen-bond donors (Lipinski definition) is 1. The largest absolute Gasteiger partial charge is 0.480 e. The summed E-state index contributed by atoms with van der Waals surface area (Å²) in [5.41, 5.74) is 7.09. The Hall–Kier alpha value is -0.910. The Morgan fingerprint density at radius 3 is 2.75 bits per heavy atom. The van der Waals surface area contributed by atoms with Crippen LogP contribution in [0.5, 0.6) is 5.75 Å². The molecule has 0 saturated heterocycles. The van der Waals surface area contributed by atoms with E-state index < -0.39 is 0 Å². The van der Waals surface area contributed by atoms with E-state index in [9.17, 15) is 4.39 Å². The number of hydrogen-bond acceptors (Lipinski definition) is 3. The first kappa shape index (κ1) is 15.5. The van der Waals surface area contributed by atoms with Gasteiger partial charge in [0.2, 0.25) is 0 Å². The number of halogens is 2. The molecule has 2 atom stereocenters. The minimum atomic E-state index is -0.362. The Morgan fingerprint density at radius 2 is 2.15 bits per heavy atom. The van der Waals surface area contributed by atoms with Gasteiger partial charge in [-0.15, -0.1) is 11.3 Å². The maximum absolute atomic E-state index is 13.8. The van der Waals surface area contributed by atoms with E-state index in [4.69, 9.17) is 10.5 Å². The van der Waals surface area contributed by atoms with Crippen LogP contribution in [-0.2, 0) is 0 Å². The molecular weight excluding hydrogens is 341 g/mol. The van der Waals surface area contributed by atoms with Crippen molar-refractivity contribution in [1.29, 1.82) is 0 Å². The summed E-state index contributed by atoms with van der Waals surface area (Å²) < 4.78 is 20.7. The highest BCUT2D eigenvalue weighted by molar-refractivity contribution is 9.10. The minimum Gasteiger partial charge on any atom is -0.480 e. The highest BCUT2D eigenvalue weighted by atomic mass is 79.9. The molecule has 2 rings (SSSR count). The van der Waals surface area contributed by atoms with Gasteiger partial charge in [-0.1, -0.05) is 13.0 Å². The summed E-state index contributed by atoms with van der Waals surface area (Å²) in [4.78, 5) is 0.993. The van der Waals surface area contributed by atoms with Crippen molar-refractivity contribution in [2.24, 2.45) is 5.73 Å². The predicted molar refractivity (Wildman–Crippen MR) is 84.8 cm³/mol. The number of benzene rings is 1. The number of rotatable bonds is 5. The summed E-state index contributed by atoms with van der Waals surface area (Å²) in [6.07, 6.45) is 0.417. The average molecular weight is 358 g/mol. The maximum Gasteiger partial charge on any atom is 0.165 e. The molecule has 0 bridgehead atoms. The van der Waals surface area contributed by atoms with Gasteiger partial charge in [0, 0.05) is 20.8 Å². The lowest BCUT2D eigenvalue weighted by atomic mass is 10.1. The number of thiophene rings is 1. The fourth-order valence-electron chi connectivity index (χ4n) is 1.89. The van der Waals surface area contributed by atoms with Crippen LogP contribution in [0.3, 0.4) is 0 Å². The first-order chi connectivity index (χ1) is 9.51. The molecule has 0 aliphatic heterocycles. The Balaban J connectivity index is 2.30. The molecule has 1 aromatic carbocycles. The van der Waals surface area contributed by atoms with E-state index in [0.29, 0.717) is 0 Å². The van der Waals surface area contributed by atoms with Gasteiger partial charge in [-0.2, -0.15) is 0 Å². The number of aryl methyl sites for hydroxylation is 1. The standard InChI is InChI=1S/C15H17BrFNOS/c1-3-12(18)15(14-7-10(16)8-20-14)19-13-6-9(2)4-5-11(13)17/h4-8,12,15H,3,18H2,1-2H3. The molecule has 2 N–H and O–H groups in total. The molecule has 0 spiro atoms. The summed E-state index contributed by atoms with van der Waals surface area (Å²) in [6.45, 7) is 3.90. The van der Waals surface area contributed by atoms with Gasteiger partial charge >= 0.3 is 0 Å².